The maximum Gasteiger partial charge on any atom is 0.226 e. The van der Waals surface area contributed by atoms with Gasteiger partial charge in [-0.3, -0.25) is 0 Å². The second-order valence-corrected chi connectivity index (χ2v) is 7.23. The molecule has 1 heterocycles. The van der Waals surface area contributed by atoms with Crippen molar-refractivity contribution in [2.75, 3.05) is 18.8 Å². The standard InChI is InChI=1S/C16H23N5O3S.HI/c1-3-18-16(19-8-9-25(17,22)23)20-10-14-11-24-15(21-14)13-6-4-12(2)5-7-13;/h4-7,11H,3,8-10H2,1-2H3,(H2,17,22,23)(H2,18,19,20);1H. The molecule has 144 valence electrons. The van der Waals surface area contributed by atoms with Gasteiger partial charge < -0.3 is 15.1 Å². The van der Waals surface area contributed by atoms with Crippen LogP contribution >= 0.6 is 24.0 Å². The van der Waals surface area contributed by atoms with Crippen LogP contribution in [0.3, 0.4) is 0 Å². The largest absolute Gasteiger partial charge is 0.444 e. The Kier molecular flexibility index (Phi) is 9.02. The maximum absolute atomic E-state index is 11.0. The zero-order chi connectivity index (χ0) is 18.3. The van der Waals surface area contributed by atoms with Crippen molar-refractivity contribution in [1.82, 2.24) is 15.6 Å². The summed E-state index contributed by atoms with van der Waals surface area (Å²) < 4.78 is 27.4. The molecule has 0 fully saturated rings. The number of aromatic nitrogens is 1. The van der Waals surface area contributed by atoms with E-state index in [1.165, 1.54) is 5.56 Å². The van der Waals surface area contributed by atoms with Gasteiger partial charge >= 0.3 is 0 Å². The summed E-state index contributed by atoms with van der Waals surface area (Å²) in [6.45, 7) is 5.07. The average molecular weight is 493 g/mol. The predicted octanol–water partition coefficient (Wildman–Crippen LogP) is 1.61. The Bertz CT molecular complexity index is 819. The Hall–Kier alpha value is -1.66. The molecule has 0 spiro atoms. The lowest BCUT2D eigenvalue weighted by atomic mass is 10.1. The minimum atomic E-state index is -3.50. The van der Waals surface area contributed by atoms with Crippen LogP contribution in [0.2, 0.25) is 0 Å². The van der Waals surface area contributed by atoms with E-state index in [9.17, 15) is 8.42 Å². The number of rotatable bonds is 7. The van der Waals surface area contributed by atoms with Crippen LogP contribution in [0.25, 0.3) is 11.5 Å². The number of nitrogens with zero attached hydrogens (tertiary/aromatic N) is 2. The topological polar surface area (TPSA) is 123 Å². The normalized spacial score (nSPS) is 11.7. The summed E-state index contributed by atoms with van der Waals surface area (Å²) in [6.07, 6.45) is 1.56. The van der Waals surface area contributed by atoms with Crippen molar-refractivity contribution >= 4 is 40.0 Å². The van der Waals surface area contributed by atoms with Gasteiger partial charge in [-0.15, -0.1) is 24.0 Å². The van der Waals surface area contributed by atoms with Gasteiger partial charge in [-0.25, -0.2) is 23.5 Å². The molecular formula is C16H24IN5O3S. The lowest BCUT2D eigenvalue weighted by molar-refractivity contribution is 0.572. The summed E-state index contributed by atoms with van der Waals surface area (Å²) in [4.78, 5) is 8.78. The first-order chi connectivity index (χ1) is 11.9. The van der Waals surface area contributed by atoms with Gasteiger partial charge in [-0.2, -0.15) is 0 Å². The molecule has 1 aromatic heterocycles. The number of aryl methyl sites for hydroxylation is 1. The molecule has 10 heteroatoms. The highest BCUT2D eigenvalue weighted by Crippen LogP contribution is 2.19. The molecular weight excluding hydrogens is 469 g/mol. The zero-order valence-corrected chi connectivity index (χ0v) is 17.9. The first-order valence-corrected chi connectivity index (χ1v) is 9.63. The summed E-state index contributed by atoms with van der Waals surface area (Å²) in [6, 6.07) is 7.90. The predicted molar refractivity (Wildman–Crippen MR) is 113 cm³/mol. The monoisotopic (exact) mass is 493 g/mol. The van der Waals surface area contributed by atoms with Crippen LogP contribution in [0.1, 0.15) is 18.2 Å². The number of aliphatic imine (C=N–C) groups is 1. The van der Waals surface area contributed by atoms with E-state index in [1.807, 2.05) is 38.1 Å². The van der Waals surface area contributed by atoms with Crippen molar-refractivity contribution in [2.45, 2.75) is 20.4 Å². The van der Waals surface area contributed by atoms with Gasteiger partial charge in [0.2, 0.25) is 15.9 Å². The molecule has 2 aromatic rings. The maximum atomic E-state index is 11.0. The van der Waals surface area contributed by atoms with E-state index < -0.39 is 10.0 Å². The third kappa shape index (κ3) is 7.70. The van der Waals surface area contributed by atoms with Crippen molar-refractivity contribution < 1.29 is 12.8 Å². The third-order valence-corrected chi connectivity index (χ3v) is 4.05. The van der Waals surface area contributed by atoms with Gasteiger partial charge in [0, 0.05) is 18.7 Å². The van der Waals surface area contributed by atoms with Crippen molar-refractivity contribution in [3.63, 3.8) is 0 Å². The lowest BCUT2D eigenvalue weighted by Crippen LogP contribution is -2.40. The van der Waals surface area contributed by atoms with Crippen LogP contribution in [0.15, 0.2) is 39.9 Å². The minimum absolute atomic E-state index is 0. The summed E-state index contributed by atoms with van der Waals surface area (Å²) in [5, 5.41) is 10.9. The summed E-state index contributed by atoms with van der Waals surface area (Å²) in [7, 11) is -3.50. The van der Waals surface area contributed by atoms with E-state index in [0.717, 1.165) is 5.56 Å². The van der Waals surface area contributed by atoms with E-state index in [4.69, 9.17) is 9.56 Å². The van der Waals surface area contributed by atoms with E-state index in [0.29, 0.717) is 30.6 Å². The fourth-order valence-electron chi connectivity index (χ4n) is 2.02. The van der Waals surface area contributed by atoms with Crippen molar-refractivity contribution in [3.05, 3.63) is 41.8 Å². The van der Waals surface area contributed by atoms with E-state index in [2.05, 4.69) is 20.6 Å². The van der Waals surface area contributed by atoms with Crippen LogP contribution in [0.4, 0.5) is 0 Å². The molecule has 0 aliphatic rings. The van der Waals surface area contributed by atoms with E-state index >= 15 is 0 Å². The molecule has 0 bridgehead atoms. The van der Waals surface area contributed by atoms with Gasteiger partial charge in [-0.1, -0.05) is 17.7 Å². The van der Waals surface area contributed by atoms with Crippen molar-refractivity contribution in [3.8, 4) is 11.5 Å². The molecule has 0 aliphatic carbocycles. The number of hydrogen-bond acceptors (Lipinski definition) is 5. The van der Waals surface area contributed by atoms with Gasteiger partial charge in [-0.05, 0) is 26.0 Å². The van der Waals surface area contributed by atoms with Crippen molar-refractivity contribution in [2.24, 2.45) is 10.1 Å². The zero-order valence-electron chi connectivity index (χ0n) is 14.7. The summed E-state index contributed by atoms with van der Waals surface area (Å²) in [5.41, 5.74) is 2.75. The number of benzene rings is 1. The number of primary sulfonamides is 1. The Morgan fingerprint density at radius 1 is 1.27 bits per heavy atom. The quantitative estimate of drug-likeness (QED) is 0.306. The molecule has 0 saturated carbocycles. The Labute approximate surface area is 170 Å². The summed E-state index contributed by atoms with van der Waals surface area (Å²) >= 11 is 0. The number of oxazole rings is 1. The van der Waals surface area contributed by atoms with Gasteiger partial charge in [0.25, 0.3) is 0 Å². The van der Waals surface area contributed by atoms with Crippen LogP contribution in [0.5, 0.6) is 0 Å². The Morgan fingerprint density at radius 3 is 2.58 bits per heavy atom. The molecule has 0 unspecified atom stereocenters. The smallest absolute Gasteiger partial charge is 0.226 e. The number of nitrogens with one attached hydrogen (secondary N) is 2. The Balaban J connectivity index is 0.00000338. The Morgan fingerprint density at radius 2 is 1.96 bits per heavy atom. The van der Waals surface area contributed by atoms with Gasteiger partial charge in [0.05, 0.1) is 12.3 Å². The number of nitrogens with two attached hydrogens (primary N) is 1. The molecule has 0 atom stereocenters. The summed E-state index contributed by atoms with van der Waals surface area (Å²) in [5.74, 6) is 0.863. The first kappa shape index (κ1) is 22.4. The number of hydrogen-bond donors (Lipinski definition) is 3. The second-order valence-electron chi connectivity index (χ2n) is 5.50. The van der Waals surface area contributed by atoms with Crippen LogP contribution in [-0.2, 0) is 16.6 Å². The van der Waals surface area contributed by atoms with Crippen molar-refractivity contribution in [1.29, 1.82) is 0 Å². The highest BCUT2D eigenvalue weighted by molar-refractivity contribution is 14.0. The highest BCUT2D eigenvalue weighted by Gasteiger charge is 2.07. The molecule has 8 nitrogen and oxygen atoms in total. The molecule has 26 heavy (non-hydrogen) atoms. The van der Waals surface area contributed by atoms with Gasteiger partial charge in [0.1, 0.15) is 12.0 Å². The SMILES string of the molecule is CCNC(=NCc1coc(-c2ccc(C)cc2)n1)NCCS(N)(=O)=O.I. The minimum Gasteiger partial charge on any atom is -0.444 e. The van der Waals surface area contributed by atoms with Crippen LogP contribution in [-0.4, -0.2) is 38.2 Å². The average Bonchev–Trinajstić information content (AvgIpc) is 3.01. The molecule has 2 rings (SSSR count). The van der Waals surface area contributed by atoms with E-state index in [-0.39, 0.29) is 36.3 Å². The fourth-order valence-corrected chi connectivity index (χ4v) is 2.41. The first-order valence-electron chi connectivity index (χ1n) is 7.91. The number of halogens is 1. The molecule has 1 aromatic carbocycles. The molecule has 0 aliphatic heterocycles. The number of sulfonamides is 1. The molecule has 0 radical (unpaired) electrons. The number of guanidine groups is 1. The fraction of sp³-hybridized carbons (Fsp3) is 0.375. The molecule has 0 amide bonds. The van der Waals surface area contributed by atoms with Gasteiger partial charge in [0.15, 0.2) is 5.96 Å². The molecule has 0 saturated heterocycles. The van der Waals surface area contributed by atoms with Crippen LogP contribution < -0.4 is 15.8 Å². The second kappa shape index (κ2) is 10.5. The van der Waals surface area contributed by atoms with E-state index in [1.54, 1.807) is 6.26 Å². The highest BCUT2D eigenvalue weighted by atomic mass is 127. The third-order valence-electron chi connectivity index (χ3n) is 3.27. The molecule has 4 N–H and O–H groups in total. The van der Waals surface area contributed by atoms with Crippen LogP contribution in [0, 0.1) is 6.92 Å². The lowest BCUT2D eigenvalue weighted by Gasteiger charge is -2.10.